The maximum atomic E-state index is 2.77. The largest absolute Gasteiger partial charge is 0.377 e. The molecule has 0 bridgehead atoms. The second-order valence-electron chi connectivity index (χ2n) is 13.6. The number of rotatable bonds is 10. The van der Waals surface area contributed by atoms with Gasteiger partial charge in [-0.1, -0.05) is 31.0 Å². The van der Waals surface area contributed by atoms with E-state index in [2.05, 4.69) is 70.0 Å². The molecule has 1 aliphatic carbocycles. The number of hydrogen-bond donors (Lipinski definition) is 0. The Hall–Kier alpha value is -1.78. The fourth-order valence-corrected chi connectivity index (χ4v) is 8.60. The highest BCUT2D eigenvalue weighted by Gasteiger charge is 2.35. The monoisotopic (exact) mass is 530 g/mol. The number of nitrogens with zero attached hydrogens (tertiary/aromatic N) is 4. The Bertz CT molecular complexity index is 1090. The average Bonchev–Trinajstić information content (AvgIpc) is 3.48. The van der Waals surface area contributed by atoms with Crippen LogP contribution in [0, 0.1) is 17.8 Å². The van der Waals surface area contributed by atoms with Crippen molar-refractivity contribution in [3.05, 3.63) is 47.8 Å². The molecule has 1 saturated carbocycles. The zero-order valence-corrected chi connectivity index (χ0v) is 25.0. The van der Waals surface area contributed by atoms with Gasteiger partial charge in [-0.3, -0.25) is 0 Å². The second-order valence-corrected chi connectivity index (χ2v) is 13.6. The van der Waals surface area contributed by atoms with Crippen molar-refractivity contribution in [1.29, 1.82) is 0 Å². The molecule has 0 spiro atoms. The molecule has 4 heterocycles. The van der Waals surface area contributed by atoms with Crippen molar-refractivity contribution in [2.24, 2.45) is 24.8 Å². The number of hydrogen-bond acceptors (Lipinski definition) is 3. The van der Waals surface area contributed by atoms with Crippen molar-refractivity contribution in [2.75, 3.05) is 46.3 Å². The fraction of sp³-hybridized carbons (Fsp3) is 0.714. The van der Waals surface area contributed by atoms with E-state index < -0.39 is 0 Å². The van der Waals surface area contributed by atoms with E-state index in [1.165, 1.54) is 134 Å². The minimum Gasteiger partial charge on any atom is -0.377 e. The molecular weight excluding hydrogens is 476 g/mol. The molecular formula is C35H54N4. The van der Waals surface area contributed by atoms with Gasteiger partial charge in [-0.05, 0) is 145 Å². The van der Waals surface area contributed by atoms with Gasteiger partial charge in [-0.2, -0.15) is 0 Å². The average molecular weight is 531 g/mol. The van der Waals surface area contributed by atoms with Crippen LogP contribution in [0.1, 0.15) is 82.6 Å². The second kappa shape index (κ2) is 12.8. The predicted octanol–water partition coefficient (Wildman–Crippen LogP) is 7.09. The van der Waals surface area contributed by atoms with E-state index in [0.29, 0.717) is 0 Å². The van der Waals surface area contributed by atoms with Gasteiger partial charge >= 0.3 is 0 Å². The summed E-state index contributed by atoms with van der Waals surface area (Å²) in [6.07, 6.45) is 23.0. The van der Waals surface area contributed by atoms with E-state index >= 15 is 0 Å². The van der Waals surface area contributed by atoms with Crippen LogP contribution in [0.15, 0.2) is 42.2 Å². The number of likely N-dealkylation sites (tertiary alicyclic amines) is 2. The fourth-order valence-electron chi connectivity index (χ4n) is 8.60. The lowest BCUT2D eigenvalue weighted by Gasteiger charge is -2.35. The highest BCUT2D eigenvalue weighted by atomic mass is 15.2. The molecule has 2 unspecified atom stereocenters. The van der Waals surface area contributed by atoms with Crippen molar-refractivity contribution in [1.82, 2.24) is 19.3 Å². The van der Waals surface area contributed by atoms with Crippen LogP contribution in [-0.4, -0.2) is 71.6 Å². The summed E-state index contributed by atoms with van der Waals surface area (Å²) in [5.41, 5.74) is 4.71. The lowest BCUT2D eigenvalue weighted by molar-refractivity contribution is 0.148. The van der Waals surface area contributed by atoms with Gasteiger partial charge in [0.2, 0.25) is 0 Å². The van der Waals surface area contributed by atoms with Gasteiger partial charge in [0.05, 0.1) is 0 Å². The standard InChI is InChI=1S/C35H54N4/c1-36-26-30(32-8-3-5-10-34(32)36)14-12-28-16-22-38(23-17-28)20-7-21-39-24-18-29(19-25-39)13-15-31-27-37(2)35-11-6-4-9-33(31)35/h3,5,8,10,26-29,33,35H,4,6-7,9,11-25H2,1-2H3. The number of aryl methyl sites for hydroxylation is 2. The van der Waals surface area contributed by atoms with Gasteiger partial charge in [0.25, 0.3) is 0 Å². The molecule has 4 nitrogen and oxygen atoms in total. The summed E-state index contributed by atoms with van der Waals surface area (Å²) in [4.78, 5) is 8.08. The van der Waals surface area contributed by atoms with Crippen molar-refractivity contribution in [3.63, 3.8) is 0 Å². The lowest BCUT2D eigenvalue weighted by Crippen LogP contribution is -2.38. The van der Waals surface area contributed by atoms with E-state index in [4.69, 9.17) is 0 Å². The van der Waals surface area contributed by atoms with Crippen molar-refractivity contribution < 1.29 is 0 Å². The third-order valence-electron chi connectivity index (χ3n) is 11.1. The molecule has 39 heavy (non-hydrogen) atoms. The van der Waals surface area contributed by atoms with Crippen molar-refractivity contribution in [2.45, 2.75) is 89.5 Å². The smallest absolute Gasteiger partial charge is 0.0480 e. The lowest BCUT2D eigenvalue weighted by atomic mass is 9.79. The third-order valence-corrected chi connectivity index (χ3v) is 11.1. The highest BCUT2D eigenvalue weighted by molar-refractivity contribution is 5.83. The third kappa shape index (κ3) is 6.59. The summed E-state index contributed by atoms with van der Waals surface area (Å²) in [6, 6.07) is 9.72. The Morgan fingerprint density at radius 1 is 0.744 bits per heavy atom. The van der Waals surface area contributed by atoms with E-state index in [1.54, 1.807) is 11.1 Å². The zero-order chi connectivity index (χ0) is 26.6. The molecule has 2 aromatic rings. The van der Waals surface area contributed by atoms with Crippen molar-refractivity contribution in [3.8, 4) is 0 Å². The SMILES string of the molecule is CN1C=C(CCC2CCN(CCCN3CCC(CCc4cn(C)c5ccccc45)CC3)CC2)C2CCCCC21. The Morgan fingerprint density at radius 2 is 1.38 bits per heavy atom. The predicted molar refractivity (Wildman–Crippen MR) is 165 cm³/mol. The van der Waals surface area contributed by atoms with Gasteiger partial charge in [0.15, 0.2) is 0 Å². The van der Waals surface area contributed by atoms with E-state index in [-0.39, 0.29) is 0 Å². The summed E-state index contributed by atoms with van der Waals surface area (Å²) in [5, 5.41) is 1.46. The summed E-state index contributed by atoms with van der Waals surface area (Å²) in [7, 11) is 4.51. The van der Waals surface area contributed by atoms with Crippen LogP contribution in [0.4, 0.5) is 0 Å². The normalized spacial score (nSPS) is 25.9. The first-order valence-electron chi connectivity index (χ1n) is 16.5. The first-order valence-corrected chi connectivity index (χ1v) is 16.5. The number of aromatic nitrogens is 1. The maximum absolute atomic E-state index is 2.77. The van der Waals surface area contributed by atoms with Crippen LogP contribution in [0.2, 0.25) is 0 Å². The molecule has 4 aliphatic rings. The molecule has 214 valence electrons. The Balaban J connectivity index is 0.836. The van der Waals surface area contributed by atoms with Crippen LogP contribution in [0.25, 0.3) is 10.9 Å². The number of piperidine rings is 2. The maximum Gasteiger partial charge on any atom is 0.0480 e. The number of para-hydroxylation sites is 1. The minimum atomic E-state index is 0.830. The summed E-state index contributed by atoms with van der Waals surface area (Å²) < 4.78 is 2.30. The van der Waals surface area contributed by atoms with Crippen LogP contribution in [-0.2, 0) is 13.5 Å². The first kappa shape index (κ1) is 27.4. The molecule has 1 aromatic heterocycles. The Kier molecular flexibility index (Phi) is 9.00. The molecule has 1 aromatic carbocycles. The molecule has 2 saturated heterocycles. The van der Waals surface area contributed by atoms with Crippen LogP contribution >= 0.6 is 0 Å². The van der Waals surface area contributed by atoms with E-state index in [0.717, 1.165) is 23.8 Å². The number of fused-ring (bicyclic) bond motifs is 2. The molecule has 0 amide bonds. The molecule has 4 heteroatoms. The molecule has 6 rings (SSSR count). The quantitative estimate of drug-likeness (QED) is 0.326. The van der Waals surface area contributed by atoms with E-state index in [9.17, 15) is 0 Å². The molecule has 3 aliphatic heterocycles. The molecule has 2 atom stereocenters. The van der Waals surface area contributed by atoms with E-state index in [1.807, 2.05) is 0 Å². The van der Waals surface area contributed by atoms with Crippen LogP contribution in [0.3, 0.4) is 0 Å². The van der Waals surface area contributed by atoms with Gasteiger partial charge in [0, 0.05) is 43.2 Å². The zero-order valence-electron chi connectivity index (χ0n) is 25.0. The first-order chi connectivity index (χ1) is 19.1. The van der Waals surface area contributed by atoms with Gasteiger partial charge in [-0.25, -0.2) is 0 Å². The topological polar surface area (TPSA) is 14.7 Å². The number of benzene rings is 1. The summed E-state index contributed by atoms with van der Waals surface area (Å²) in [5.74, 6) is 2.75. The molecule has 0 radical (unpaired) electrons. The highest BCUT2D eigenvalue weighted by Crippen LogP contribution is 2.41. The minimum absolute atomic E-state index is 0.830. The summed E-state index contributed by atoms with van der Waals surface area (Å²) in [6.45, 7) is 7.93. The van der Waals surface area contributed by atoms with Gasteiger partial charge < -0.3 is 19.3 Å². The van der Waals surface area contributed by atoms with Crippen LogP contribution < -0.4 is 0 Å². The molecule has 3 fully saturated rings. The summed E-state index contributed by atoms with van der Waals surface area (Å²) >= 11 is 0. The van der Waals surface area contributed by atoms with Gasteiger partial charge in [0.1, 0.15) is 0 Å². The Morgan fingerprint density at radius 3 is 2.10 bits per heavy atom. The molecule has 0 N–H and O–H groups in total. The Labute approximate surface area is 238 Å². The van der Waals surface area contributed by atoms with Gasteiger partial charge in [-0.15, -0.1) is 0 Å². The van der Waals surface area contributed by atoms with Crippen molar-refractivity contribution >= 4 is 10.9 Å². The van der Waals surface area contributed by atoms with Crippen LogP contribution in [0.5, 0.6) is 0 Å².